The van der Waals surface area contributed by atoms with Gasteiger partial charge < -0.3 is 29.1 Å². The zero-order valence-corrected chi connectivity index (χ0v) is 21.5. The molecule has 1 saturated heterocycles. The standard InChI is InChI=1S/C28H34N2O6/c1-6-34-22-11-8-18(16-23(22)35-7-2)25-24(27(32)28(33)30(25)13-12-29(4)5)26(31)19-9-10-21-20(15-19)14-17(3)36-21/h8-11,15-17,25,31H,6-7,12-14H2,1-5H3/b26-24+/t17-,25-/m1/s1. The number of aliphatic hydroxyl groups excluding tert-OH is 1. The molecule has 0 aromatic heterocycles. The van der Waals surface area contributed by atoms with Gasteiger partial charge in [0.15, 0.2) is 11.5 Å². The van der Waals surface area contributed by atoms with Crippen LogP contribution in [0.25, 0.3) is 5.76 Å². The molecule has 1 N–H and O–H groups in total. The van der Waals surface area contributed by atoms with E-state index in [1.54, 1.807) is 24.3 Å². The number of rotatable bonds is 9. The van der Waals surface area contributed by atoms with Crippen molar-refractivity contribution in [3.8, 4) is 17.2 Å². The highest BCUT2D eigenvalue weighted by atomic mass is 16.5. The summed E-state index contributed by atoms with van der Waals surface area (Å²) in [6.45, 7) is 7.55. The molecule has 1 amide bonds. The van der Waals surface area contributed by atoms with Crippen LogP contribution in [-0.2, 0) is 16.0 Å². The SMILES string of the molecule is CCOc1ccc([C@@H]2/C(=C(\O)c3ccc4c(c3)C[C@@H](C)O4)C(=O)C(=O)N2CCN(C)C)cc1OCC. The van der Waals surface area contributed by atoms with Crippen molar-refractivity contribution >= 4 is 17.4 Å². The molecule has 36 heavy (non-hydrogen) atoms. The van der Waals surface area contributed by atoms with Crippen LogP contribution in [0.4, 0.5) is 0 Å². The summed E-state index contributed by atoms with van der Waals surface area (Å²) in [5.74, 6) is 0.358. The molecule has 192 valence electrons. The van der Waals surface area contributed by atoms with Gasteiger partial charge >= 0.3 is 0 Å². The zero-order chi connectivity index (χ0) is 26.0. The maximum absolute atomic E-state index is 13.3. The summed E-state index contributed by atoms with van der Waals surface area (Å²) in [5, 5.41) is 11.4. The van der Waals surface area contributed by atoms with E-state index in [2.05, 4.69) is 0 Å². The Morgan fingerprint density at radius 1 is 1.08 bits per heavy atom. The van der Waals surface area contributed by atoms with Crippen LogP contribution >= 0.6 is 0 Å². The Labute approximate surface area is 212 Å². The van der Waals surface area contributed by atoms with Gasteiger partial charge in [0.2, 0.25) is 0 Å². The second-order valence-corrected chi connectivity index (χ2v) is 9.32. The monoisotopic (exact) mass is 494 g/mol. The van der Waals surface area contributed by atoms with Gasteiger partial charge in [-0.1, -0.05) is 6.07 Å². The molecular weight excluding hydrogens is 460 g/mol. The van der Waals surface area contributed by atoms with Crippen LogP contribution in [0.1, 0.15) is 43.5 Å². The van der Waals surface area contributed by atoms with E-state index in [1.807, 2.05) is 51.9 Å². The third kappa shape index (κ3) is 4.91. The summed E-state index contributed by atoms with van der Waals surface area (Å²) in [4.78, 5) is 30.0. The summed E-state index contributed by atoms with van der Waals surface area (Å²) in [6, 6.07) is 9.99. The maximum atomic E-state index is 13.3. The van der Waals surface area contributed by atoms with Gasteiger partial charge in [0, 0.05) is 25.1 Å². The van der Waals surface area contributed by atoms with E-state index in [1.165, 1.54) is 4.90 Å². The van der Waals surface area contributed by atoms with Crippen molar-refractivity contribution in [2.75, 3.05) is 40.4 Å². The van der Waals surface area contributed by atoms with E-state index in [0.29, 0.717) is 55.4 Å². The number of likely N-dealkylation sites (tertiary alicyclic amines) is 1. The number of aliphatic hydroxyl groups is 1. The van der Waals surface area contributed by atoms with Crippen LogP contribution in [0.3, 0.4) is 0 Å². The lowest BCUT2D eigenvalue weighted by atomic mass is 9.94. The van der Waals surface area contributed by atoms with E-state index in [0.717, 1.165) is 11.3 Å². The molecule has 0 spiro atoms. The first-order chi connectivity index (χ1) is 17.2. The number of hydrogen-bond donors (Lipinski definition) is 1. The van der Waals surface area contributed by atoms with Crippen LogP contribution < -0.4 is 14.2 Å². The Bertz CT molecular complexity index is 1190. The van der Waals surface area contributed by atoms with Crippen molar-refractivity contribution in [1.82, 2.24) is 9.80 Å². The maximum Gasteiger partial charge on any atom is 0.295 e. The fourth-order valence-electron chi connectivity index (χ4n) is 4.73. The Morgan fingerprint density at radius 2 is 1.81 bits per heavy atom. The van der Waals surface area contributed by atoms with Crippen molar-refractivity contribution in [2.45, 2.75) is 39.3 Å². The molecule has 0 aliphatic carbocycles. The number of ketones is 1. The predicted octanol–water partition coefficient (Wildman–Crippen LogP) is 3.79. The molecule has 0 bridgehead atoms. The third-order valence-electron chi connectivity index (χ3n) is 6.38. The summed E-state index contributed by atoms with van der Waals surface area (Å²) in [5.41, 5.74) is 2.18. The Kier molecular flexibility index (Phi) is 7.54. The average molecular weight is 495 g/mol. The number of Topliss-reactive ketones (excluding diaryl/α,β-unsaturated/α-hetero) is 1. The van der Waals surface area contributed by atoms with Crippen molar-refractivity contribution in [1.29, 1.82) is 0 Å². The molecule has 1 fully saturated rings. The zero-order valence-electron chi connectivity index (χ0n) is 21.5. The van der Waals surface area contributed by atoms with Crippen LogP contribution in [0.15, 0.2) is 42.0 Å². The molecule has 4 rings (SSSR count). The Balaban J connectivity index is 1.84. The summed E-state index contributed by atoms with van der Waals surface area (Å²) in [6.07, 6.45) is 0.767. The molecule has 2 aliphatic heterocycles. The minimum atomic E-state index is -0.761. The molecule has 2 aliphatic rings. The summed E-state index contributed by atoms with van der Waals surface area (Å²) >= 11 is 0. The number of amides is 1. The molecule has 2 aromatic rings. The highest BCUT2D eigenvalue weighted by Gasteiger charge is 2.46. The summed E-state index contributed by atoms with van der Waals surface area (Å²) < 4.78 is 17.3. The highest BCUT2D eigenvalue weighted by molar-refractivity contribution is 6.46. The van der Waals surface area contributed by atoms with Gasteiger partial charge in [-0.2, -0.15) is 0 Å². The van der Waals surface area contributed by atoms with Gasteiger partial charge in [-0.25, -0.2) is 0 Å². The van der Waals surface area contributed by atoms with E-state index in [9.17, 15) is 14.7 Å². The predicted molar refractivity (Wildman–Crippen MR) is 137 cm³/mol. The van der Waals surface area contributed by atoms with Crippen LogP contribution in [0.5, 0.6) is 17.2 Å². The van der Waals surface area contributed by atoms with Crippen LogP contribution in [0.2, 0.25) is 0 Å². The molecule has 0 radical (unpaired) electrons. The normalized spacial score (nSPS) is 20.6. The Hall–Kier alpha value is -3.52. The molecule has 8 nitrogen and oxygen atoms in total. The lowest BCUT2D eigenvalue weighted by Gasteiger charge is -2.27. The molecule has 0 unspecified atom stereocenters. The molecule has 0 saturated carbocycles. The van der Waals surface area contributed by atoms with Gasteiger partial charge in [0.1, 0.15) is 17.6 Å². The van der Waals surface area contributed by atoms with Crippen LogP contribution in [0, 0.1) is 0 Å². The molecule has 2 aromatic carbocycles. The Morgan fingerprint density at radius 3 is 2.50 bits per heavy atom. The number of hydrogen-bond acceptors (Lipinski definition) is 7. The summed E-state index contributed by atoms with van der Waals surface area (Å²) in [7, 11) is 3.81. The number of fused-ring (bicyclic) bond motifs is 1. The number of likely N-dealkylation sites (N-methyl/N-ethyl adjacent to an activating group) is 1. The smallest absolute Gasteiger partial charge is 0.295 e. The van der Waals surface area contributed by atoms with Gasteiger partial charge in [-0.15, -0.1) is 0 Å². The van der Waals surface area contributed by atoms with Gasteiger partial charge in [-0.05, 0) is 76.3 Å². The second-order valence-electron chi connectivity index (χ2n) is 9.32. The fourth-order valence-corrected chi connectivity index (χ4v) is 4.73. The lowest BCUT2D eigenvalue weighted by molar-refractivity contribution is -0.140. The van der Waals surface area contributed by atoms with E-state index < -0.39 is 17.7 Å². The molecule has 2 atom stereocenters. The number of benzene rings is 2. The van der Waals surface area contributed by atoms with E-state index in [-0.39, 0.29) is 17.4 Å². The minimum absolute atomic E-state index is 0.0508. The van der Waals surface area contributed by atoms with Crippen molar-refractivity contribution < 1.29 is 28.9 Å². The van der Waals surface area contributed by atoms with E-state index in [4.69, 9.17) is 14.2 Å². The minimum Gasteiger partial charge on any atom is -0.507 e. The third-order valence-corrected chi connectivity index (χ3v) is 6.38. The largest absolute Gasteiger partial charge is 0.507 e. The first kappa shape index (κ1) is 25.6. The quantitative estimate of drug-likeness (QED) is 0.322. The number of nitrogens with zero attached hydrogens (tertiary/aromatic N) is 2. The van der Waals surface area contributed by atoms with Crippen molar-refractivity contribution in [2.24, 2.45) is 0 Å². The number of ether oxygens (including phenoxy) is 3. The van der Waals surface area contributed by atoms with Crippen molar-refractivity contribution in [3.63, 3.8) is 0 Å². The fraction of sp³-hybridized carbons (Fsp3) is 0.429. The first-order valence-electron chi connectivity index (χ1n) is 12.4. The molecule has 2 heterocycles. The van der Waals surface area contributed by atoms with E-state index >= 15 is 0 Å². The number of carbonyl (C=O) groups excluding carboxylic acids is 2. The van der Waals surface area contributed by atoms with Crippen molar-refractivity contribution in [3.05, 3.63) is 58.7 Å². The van der Waals surface area contributed by atoms with Crippen LogP contribution in [-0.4, -0.2) is 73.1 Å². The number of carbonyl (C=O) groups is 2. The topological polar surface area (TPSA) is 88.5 Å². The average Bonchev–Trinajstić information content (AvgIpc) is 3.34. The van der Waals surface area contributed by atoms with Gasteiger partial charge in [0.05, 0.1) is 24.8 Å². The lowest BCUT2D eigenvalue weighted by Crippen LogP contribution is -2.35. The second kappa shape index (κ2) is 10.6. The first-order valence-corrected chi connectivity index (χ1v) is 12.4. The molecule has 8 heteroatoms. The molecular formula is C28H34N2O6. The van der Waals surface area contributed by atoms with Gasteiger partial charge in [0.25, 0.3) is 11.7 Å². The van der Waals surface area contributed by atoms with Gasteiger partial charge in [-0.3, -0.25) is 9.59 Å². The highest BCUT2D eigenvalue weighted by Crippen LogP contribution is 2.42.